The number of amides is 1. The predicted molar refractivity (Wildman–Crippen MR) is 111 cm³/mol. The lowest BCUT2D eigenvalue weighted by molar-refractivity contribution is -0.120. The fourth-order valence-electron chi connectivity index (χ4n) is 3.05. The summed E-state index contributed by atoms with van der Waals surface area (Å²) in [7, 11) is 3.57. The summed E-state index contributed by atoms with van der Waals surface area (Å²) in [6.07, 6.45) is 0. The summed E-state index contributed by atoms with van der Waals surface area (Å²) in [6, 6.07) is 21.0. The molecule has 3 aromatic carbocycles. The lowest BCUT2D eigenvalue weighted by atomic mass is 10.1. The first kappa shape index (κ1) is 19.4. The quantitative estimate of drug-likeness (QED) is 0.704. The van der Waals surface area contributed by atoms with Crippen molar-refractivity contribution in [2.45, 2.75) is 19.5 Å². The van der Waals surface area contributed by atoms with Gasteiger partial charge in [-0.3, -0.25) is 9.69 Å². The molecule has 0 heterocycles. The number of methoxy groups -OCH3 is 1. The van der Waals surface area contributed by atoms with E-state index in [-0.39, 0.29) is 11.9 Å². The van der Waals surface area contributed by atoms with E-state index in [4.69, 9.17) is 4.74 Å². The third kappa shape index (κ3) is 4.30. The Morgan fingerprint density at radius 2 is 1.86 bits per heavy atom. The van der Waals surface area contributed by atoms with Gasteiger partial charge >= 0.3 is 0 Å². The van der Waals surface area contributed by atoms with Crippen molar-refractivity contribution in [1.29, 1.82) is 5.26 Å². The van der Waals surface area contributed by atoms with Crippen LogP contribution in [0.3, 0.4) is 0 Å². The van der Waals surface area contributed by atoms with Crippen LogP contribution in [-0.4, -0.2) is 31.0 Å². The molecule has 5 nitrogen and oxygen atoms in total. The number of nitriles is 1. The molecule has 0 unspecified atom stereocenters. The third-order valence-corrected chi connectivity index (χ3v) is 4.89. The molecule has 0 aromatic heterocycles. The highest BCUT2D eigenvalue weighted by Gasteiger charge is 2.19. The first-order valence-corrected chi connectivity index (χ1v) is 9.08. The number of ether oxygens (including phenoxy) is 1. The Balaban J connectivity index is 1.69. The molecular formula is C23H23N3O2. The molecule has 0 fully saturated rings. The zero-order valence-electron chi connectivity index (χ0n) is 16.3. The molecule has 0 spiro atoms. The number of para-hydroxylation sites is 1. The molecule has 1 N–H and O–H groups in total. The van der Waals surface area contributed by atoms with Crippen LogP contribution in [0.5, 0.6) is 5.75 Å². The van der Waals surface area contributed by atoms with E-state index >= 15 is 0 Å². The van der Waals surface area contributed by atoms with E-state index < -0.39 is 0 Å². The second kappa shape index (κ2) is 8.55. The molecule has 0 aliphatic carbocycles. The van der Waals surface area contributed by atoms with Crippen molar-refractivity contribution in [3.05, 3.63) is 71.8 Å². The van der Waals surface area contributed by atoms with Crippen LogP contribution in [-0.2, 0) is 11.3 Å². The Morgan fingerprint density at radius 3 is 2.61 bits per heavy atom. The Morgan fingerprint density at radius 1 is 1.14 bits per heavy atom. The van der Waals surface area contributed by atoms with Crippen molar-refractivity contribution in [3.8, 4) is 11.8 Å². The Labute approximate surface area is 165 Å². The standard InChI is InChI=1S/C23H23N3O2/c1-16(23(27)25-22-7-5-4-6-20(22)14-24)26(2)15-17-8-9-19-13-21(28-3)11-10-18(19)12-17/h4-13,16H,15H2,1-3H3,(H,25,27)/t16-/m1/s1. The van der Waals surface area contributed by atoms with Gasteiger partial charge in [0.05, 0.1) is 24.4 Å². The number of carbonyl (C=O) groups excluding carboxylic acids is 1. The van der Waals surface area contributed by atoms with Crippen LogP contribution in [0.2, 0.25) is 0 Å². The number of hydrogen-bond donors (Lipinski definition) is 1. The fourth-order valence-corrected chi connectivity index (χ4v) is 3.05. The van der Waals surface area contributed by atoms with Crippen molar-refractivity contribution in [1.82, 2.24) is 4.90 Å². The van der Waals surface area contributed by atoms with Gasteiger partial charge in [0, 0.05) is 6.54 Å². The Kier molecular flexibility index (Phi) is 5.93. The summed E-state index contributed by atoms with van der Waals surface area (Å²) in [5, 5.41) is 14.3. The van der Waals surface area contributed by atoms with Crippen LogP contribution in [0, 0.1) is 11.3 Å². The molecule has 0 saturated carbocycles. The maximum atomic E-state index is 12.6. The van der Waals surface area contributed by atoms with Crippen molar-refractivity contribution < 1.29 is 9.53 Å². The van der Waals surface area contributed by atoms with Gasteiger partial charge < -0.3 is 10.1 Å². The van der Waals surface area contributed by atoms with Crippen molar-refractivity contribution in [2.75, 3.05) is 19.5 Å². The number of fused-ring (bicyclic) bond motifs is 1. The first-order chi connectivity index (χ1) is 13.5. The van der Waals surface area contributed by atoms with Gasteiger partial charge in [-0.2, -0.15) is 5.26 Å². The summed E-state index contributed by atoms with van der Waals surface area (Å²) in [6.45, 7) is 2.49. The third-order valence-electron chi connectivity index (χ3n) is 4.89. The van der Waals surface area contributed by atoms with Crippen LogP contribution in [0.1, 0.15) is 18.1 Å². The molecule has 0 radical (unpaired) electrons. The smallest absolute Gasteiger partial charge is 0.241 e. The van der Waals surface area contributed by atoms with Crippen molar-refractivity contribution in [3.63, 3.8) is 0 Å². The van der Waals surface area contributed by atoms with Gasteiger partial charge in [-0.15, -0.1) is 0 Å². The first-order valence-electron chi connectivity index (χ1n) is 9.08. The summed E-state index contributed by atoms with van der Waals surface area (Å²) >= 11 is 0. The Hall–Kier alpha value is -3.36. The number of rotatable bonds is 6. The number of nitrogens with zero attached hydrogens (tertiary/aromatic N) is 2. The average molecular weight is 373 g/mol. The summed E-state index contributed by atoms with van der Waals surface area (Å²) in [5.41, 5.74) is 2.11. The molecule has 28 heavy (non-hydrogen) atoms. The summed E-state index contributed by atoms with van der Waals surface area (Å²) in [5.74, 6) is 0.691. The van der Waals surface area contributed by atoms with E-state index in [2.05, 4.69) is 29.6 Å². The van der Waals surface area contributed by atoms with Crippen molar-refractivity contribution in [2.24, 2.45) is 0 Å². The maximum Gasteiger partial charge on any atom is 0.241 e. The minimum atomic E-state index is -0.349. The van der Waals surface area contributed by atoms with E-state index in [0.717, 1.165) is 22.1 Å². The number of nitrogens with one attached hydrogen (secondary N) is 1. The molecule has 0 bridgehead atoms. The zero-order chi connectivity index (χ0) is 20.1. The SMILES string of the molecule is COc1ccc2cc(CN(C)[C@H](C)C(=O)Nc3ccccc3C#N)ccc2c1. The molecule has 0 aliphatic rings. The van der Waals surface area contributed by atoms with Gasteiger partial charge in [-0.25, -0.2) is 0 Å². The van der Waals surface area contributed by atoms with Crippen LogP contribution in [0.25, 0.3) is 10.8 Å². The molecule has 0 saturated heterocycles. The van der Waals surface area contributed by atoms with E-state index in [1.165, 1.54) is 0 Å². The van der Waals surface area contributed by atoms with Gasteiger partial charge in [0.25, 0.3) is 0 Å². The van der Waals surface area contributed by atoms with Gasteiger partial charge in [0.15, 0.2) is 0 Å². The lowest BCUT2D eigenvalue weighted by Gasteiger charge is -2.24. The largest absolute Gasteiger partial charge is 0.497 e. The maximum absolute atomic E-state index is 12.6. The van der Waals surface area contributed by atoms with E-state index in [9.17, 15) is 10.1 Å². The highest BCUT2D eigenvalue weighted by molar-refractivity contribution is 5.95. The zero-order valence-corrected chi connectivity index (χ0v) is 16.3. The molecule has 5 heteroatoms. The number of anilines is 1. The predicted octanol–water partition coefficient (Wildman–Crippen LogP) is 4.18. The van der Waals surface area contributed by atoms with Crippen LogP contribution >= 0.6 is 0 Å². The topological polar surface area (TPSA) is 65.4 Å². The van der Waals surface area contributed by atoms with Crippen LogP contribution < -0.4 is 10.1 Å². The molecule has 3 aromatic rings. The molecule has 1 atom stereocenters. The highest BCUT2D eigenvalue weighted by Crippen LogP contribution is 2.23. The summed E-state index contributed by atoms with van der Waals surface area (Å²) in [4.78, 5) is 14.6. The van der Waals surface area contributed by atoms with Gasteiger partial charge in [0.1, 0.15) is 11.8 Å². The number of likely N-dealkylation sites (N-methyl/N-ethyl adjacent to an activating group) is 1. The molecular weight excluding hydrogens is 350 g/mol. The normalized spacial score (nSPS) is 11.8. The molecule has 142 valence electrons. The highest BCUT2D eigenvalue weighted by atomic mass is 16.5. The van der Waals surface area contributed by atoms with Crippen molar-refractivity contribution >= 4 is 22.4 Å². The monoisotopic (exact) mass is 373 g/mol. The molecule has 3 rings (SSSR count). The van der Waals surface area contributed by atoms with E-state index in [1.54, 1.807) is 31.4 Å². The minimum absolute atomic E-state index is 0.143. The second-order valence-electron chi connectivity index (χ2n) is 6.79. The van der Waals surface area contributed by atoms with Gasteiger partial charge in [-0.1, -0.05) is 30.3 Å². The van der Waals surface area contributed by atoms with Gasteiger partial charge in [-0.05, 0) is 60.6 Å². The van der Waals surface area contributed by atoms with E-state index in [0.29, 0.717) is 17.8 Å². The number of benzene rings is 3. The van der Waals surface area contributed by atoms with Crippen LogP contribution in [0.4, 0.5) is 5.69 Å². The second-order valence-corrected chi connectivity index (χ2v) is 6.79. The van der Waals surface area contributed by atoms with E-state index in [1.807, 2.05) is 37.1 Å². The summed E-state index contributed by atoms with van der Waals surface area (Å²) < 4.78 is 5.27. The molecule has 0 aliphatic heterocycles. The van der Waals surface area contributed by atoms with Crippen LogP contribution in [0.15, 0.2) is 60.7 Å². The average Bonchev–Trinajstić information content (AvgIpc) is 2.73. The Bertz CT molecular complexity index is 1040. The lowest BCUT2D eigenvalue weighted by Crippen LogP contribution is -2.39. The number of carbonyl (C=O) groups is 1. The molecule has 1 amide bonds. The fraction of sp³-hybridized carbons (Fsp3) is 0.217. The van der Waals surface area contributed by atoms with Gasteiger partial charge in [0.2, 0.25) is 5.91 Å². The number of hydrogen-bond acceptors (Lipinski definition) is 4. The minimum Gasteiger partial charge on any atom is -0.497 e.